The fraction of sp³-hybridized carbons (Fsp3) is 0.731. The third-order valence-corrected chi connectivity index (χ3v) is 15.0. The van der Waals surface area contributed by atoms with Gasteiger partial charge >= 0.3 is 71.3 Å². The minimum absolute atomic E-state index is 0. The van der Waals surface area contributed by atoms with E-state index in [9.17, 15) is 10.2 Å². The maximum absolute atomic E-state index is 10.7. The van der Waals surface area contributed by atoms with E-state index in [4.69, 9.17) is 37.2 Å². The number of benzene rings is 2. The molecule has 2 aromatic rings. The number of phenols is 2. The molecule has 62 heavy (non-hydrogen) atoms. The van der Waals surface area contributed by atoms with Gasteiger partial charge in [-0.15, -0.1) is 0 Å². The zero-order valence-corrected chi connectivity index (χ0v) is 49.7. The zero-order chi connectivity index (χ0) is 46.9. The van der Waals surface area contributed by atoms with Crippen molar-refractivity contribution in [3.8, 4) is 11.5 Å². The molecule has 0 aliphatic heterocycles. The molecule has 0 amide bonds. The number of hydrogen-bond acceptors (Lipinski definition) is 4. The second kappa shape index (κ2) is 33.1. The van der Waals surface area contributed by atoms with E-state index in [-0.39, 0.29) is 14.9 Å². The molecule has 2 aliphatic carbocycles. The third-order valence-electron chi connectivity index (χ3n) is 15.0. The molecule has 2 aromatic carbocycles. The van der Waals surface area contributed by atoms with Gasteiger partial charge in [0.2, 0.25) is 0 Å². The second-order valence-electron chi connectivity index (χ2n) is 20.1. The van der Waals surface area contributed by atoms with Gasteiger partial charge in [-0.2, -0.15) is 0 Å². The first-order chi connectivity index (χ1) is 27.7. The molecule has 0 spiro atoms. The normalized spacial score (nSPS) is 25.1. The van der Waals surface area contributed by atoms with E-state index in [0.717, 1.165) is 108 Å². The number of rotatable bonds is 11. The van der Waals surface area contributed by atoms with Crippen LogP contribution in [0.4, 0.5) is 0 Å². The molecule has 0 unspecified atom stereocenters. The Morgan fingerprint density at radius 2 is 0.565 bits per heavy atom. The Kier molecular flexibility index (Phi) is 35.7. The van der Waals surface area contributed by atoms with Gasteiger partial charge in [-0.25, -0.2) is 0 Å². The Balaban J connectivity index is -0.00000100. The first kappa shape index (κ1) is 66.8. The molecule has 0 aromatic heterocycles. The van der Waals surface area contributed by atoms with Gasteiger partial charge in [0.25, 0.3) is 0 Å². The molecular formula is C52H94Cl4N2O2Ti2-2. The van der Waals surface area contributed by atoms with Gasteiger partial charge in [-0.05, 0) is 130 Å². The van der Waals surface area contributed by atoms with E-state index in [1.54, 1.807) is 0 Å². The minimum atomic E-state index is -0.556. The van der Waals surface area contributed by atoms with Crippen molar-refractivity contribution < 1.29 is 44.3 Å². The quantitative estimate of drug-likeness (QED) is 0.174. The molecule has 2 aliphatic rings. The summed E-state index contributed by atoms with van der Waals surface area (Å²) in [5, 5.41) is 21.4. The standard InChI is InChI=1S/C30H48N2O2.2C10H20.2CH3.4ClH.2Ti/c1-19(2)25-13-23(14-26(20(3)4)29(25)33)17-31(9)11-12-32(10)18-24-15-27(21(5)6)30(34)28(16-24)22(7)8;2*1-6-7(2)9(4)10(5)8(6)3;;;;;;;;/h13-16,19-22,33-34H,11-12,17-18H2,1-10H3;2*6-10H,1-5H3;2*1H3;4*1H;;/q;;;2*-1;;;;;2*+2/p-4. The third kappa shape index (κ3) is 20.8. The molecule has 4 rings (SSSR count). The van der Waals surface area contributed by atoms with E-state index >= 15 is 0 Å². The molecule has 0 radical (unpaired) electrons. The Morgan fingerprint density at radius 1 is 0.419 bits per heavy atom. The Labute approximate surface area is 419 Å². The van der Waals surface area contributed by atoms with E-state index < -0.39 is 34.1 Å². The predicted octanol–water partition coefficient (Wildman–Crippen LogP) is 17.2. The van der Waals surface area contributed by atoms with Crippen molar-refractivity contribution in [1.82, 2.24) is 9.80 Å². The predicted molar refractivity (Wildman–Crippen MR) is 273 cm³/mol. The summed E-state index contributed by atoms with van der Waals surface area (Å²) in [7, 11) is 23.9. The van der Waals surface area contributed by atoms with Crippen molar-refractivity contribution in [2.75, 3.05) is 27.2 Å². The monoisotopic (exact) mass is 1010 g/mol. The number of halogens is 4. The van der Waals surface area contributed by atoms with Gasteiger partial charge in [0.05, 0.1) is 0 Å². The molecule has 2 N–H and O–H groups in total. The van der Waals surface area contributed by atoms with Crippen LogP contribution in [0.2, 0.25) is 0 Å². The summed E-state index contributed by atoms with van der Waals surface area (Å²) in [6, 6.07) is 8.68. The molecule has 2 saturated carbocycles. The van der Waals surface area contributed by atoms with Crippen molar-refractivity contribution >= 4 is 37.2 Å². The number of phenolic OH excluding ortho intramolecular Hbond substituents is 2. The molecule has 0 saturated heterocycles. The van der Waals surface area contributed by atoms with Crippen LogP contribution in [0.5, 0.6) is 11.5 Å². The van der Waals surface area contributed by atoms with Crippen molar-refractivity contribution in [3.05, 3.63) is 72.5 Å². The summed E-state index contributed by atoms with van der Waals surface area (Å²) in [6.45, 7) is 44.7. The van der Waals surface area contributed by atoms with Gasteiger partial charge in [0, 0.05) is 26.2 Å². The summed E-state index contributed by atoms with van der Waals surface area (Å²) < 4.78 is 0. The maximum atomic E-state index is 10.7. The van der Waals surface area contributed by atoms with Crippen molar-refractivity contribution in [1.29, 1.82) is 0 Å². The second-order valence-corrected chi connectivity index (χ2v) is 25.2. The number of hydrogen-bond donors (Lipinski definition) is 2. The van der Waals surface area contributed by atoms with Gasteiger partial charge in [0.15, 0.2) is 0 Å². The average Bonchev–Trinajstić information content (AvgIpc) is 3.44. The molecule has 4 nitrogen and oxygen atoms in total. The Hall–Kier alpha value is 0.549. The van der Waals surface area contributed by atoms with Gasteiger partial charge in [-0.3, -0.25) is 0 Å². The average molecular weight is 1020 g/mol. The van der Waals surface area contributed by atoms with E-state index in [0.29, 0.717) is 35.2 Å². The van der Waals surface area contributed by atoms with Crippen molar-refractivity contribution in [2.24, 2.45) is 59.2 Å². The number of nitrogens with zero attached hydrogens (tertiary/aromatic N) is 2. The molecule has 0 atom stereocenters. The summed E-state index contributed by atoms with van der Waals surface area (Å²) in [6.07, 6.45) is 0. The molecule has 2 fully saturated rings. The van der Waals surface area contributed by atoms with E-state index in [2.05, 4.69) is 173 Å². The summed E-state index contributed by atoms with van der Waals surface area (Å²) in [5.74, 6) is 11.5. The van der Waals surface area contributed by atoms with Crippen LogP contribution in [-0.4, -0.2) is 47.2 Å². The molecule has 0 bridgehead atoms. The fourth-order valence-electron chi connectivity index (χ4n) is 9.34. The van der Waals surface area contributed by atoms with Crippen LogP contribution < -0.4 is 0 Å². The Morgan fingerprint density at radius 3 is 0.694 bits per heavy atom. The van der Waals surface area contributed by atoms with Crippen LogP contribution in [0.1, 0.15) is 182 Å². The van der Waals surface area contributed by atoms with Crippen molar-refractivity contribution in [2.45, 2.75) is 161 Å². The van der Waals surface area contributed by atoms with Gasteiger partial charge in [0.1, 0.15) is 11.5 Å². The van der Waals surface area contributed by atoms with Crippen LogP contribution in [0.3, 0.4) is 0 Å². The topological polar surface area (TPSA) is 46.9 Å². The fourth-order valence-corrected chi connectivity index (χ4v) is 9.34. The Bertz CT molecular complexity index is 1240. The molecule has 0 heterocycles. The van der Waals surface area contributed by atoms with Crippen LogP contribution in [0, 0.1) is 74.0 Å². The van der Waals surface area contributed by atoms with Gasteiger partial charge in [-0.1, -0.05) is 149 Å². The summed E-state index contributed by atoms with van der Waals surface area (Å²) in [5.41, 5.74) is 6.69. The van der Waals surface area contributed by atoms with Crippen LogP contribution in [0.25, 0.3) is 0 Å². The van der Waals surface area contributed by atoms with Crippen LogP contribution in [0.15, 0.2) is 24.3 Å². The number of likely N-dealkylation sites (N-methyl/N-ethyl adjacent to an activating group) is 2. The summed E-state index contributed by atoms with van der Waals surface area (Å²) >= 11 is -1.11. The molecule has 362 valence electrons. The first-order valence-corrected chi connectivity index (χ1v) is 31.4. The van der Waals surface area contributed by atoms with Crippen LogP contribution >= 0.6 is 37.2 Å². The van der Waals surface area contributed by atoms with Crippen molar-refractivity contribution in [3.63, 3.8) is 0 Å². The SMILES string of the molecule is CC(C)c1cc(CN(C)CCN(C)Cc2cc(C(C)C)c(O)c(C(C)C)c2)cc(C(C)C)c1O.CC1C(C)C(C)C(C)C1C.CC1C(C)C(C)C(C)C1C.[CH3-].[CH3-].[Cl][Ti][Cl].[Cl][Ti][Cl]. The first-order valence-electron chi connectivity index (χ1n) is 22.8. The molecular weight excluding hydrogens is 922 g/mol. The molecule has 10 heteroatoms. The summed E-state index contributed by atoms with van der Waals surface area (Å²) in [4.78, 5) is 4.71. The van der Waals surface area contributed by atoms with E-state index in [1.165, 1.54) is 11.1 Å². The zero-order valence-electron chi connectivity index (χ0n) is 43.5. The van der Waals surface area contributed by atoms with E-state index in [1.807, 2.05) is 0 Å². The van der Waals surface area contributed by atoms with Gasteiger partial charge < -0.3 is 34.9 Å². The van der Waals surface area contributed by atoms with Crippen LogP contribution in [-0.2, 0) is 47.2 Å². The number of aromatic hydroxyl groups is 2.